The van der Waals surface area contributed by atoms with Crippen molar-refractivity contribution in [1.29, 1.82) is 5.26 Å². The van der Waals surface area contributed by atoms with Gasteiger partial charge in [0, 0.05) is 31.7 Å². The molecule has 0 radical (unpaired) electrons. The Morgan fingerprint density at radius 2 is 2.29 bits per heavy atom. The largest absolute Gasteiger partial charge is 0.352 e. The number of nitrogens with zero attached hydrogens (tertiary/aromatic N) is 5. The maximum Gasteiger partial charge on any atom is 0.317 e. The van der Waals surface area contributed by atoms with Crippen molar-refractivity contribution in [3.63, 3.8) is 0 Å². The first-order valence-electron chi connectivity index (χ1n) is 9.22. The van der Waals surface area contributed by atoms with E-state index >= 15 is 0 Å². The molecule has 8 heteroatoms. The summed E-state index contributed by atoms with van der Waals surface area (Å²) < 4.78 is 0. The smallest absolute Gasteiger partial charge is 0.317 e. The Labute approximate surface area is 169 Å². The zero-order valence-electron chi connectivity index (χ0n) is 16.0. The Kier molecular flexibility index (Phi) is 6.32. The fraction of sp³-hybridized carbons (Fsp3) is 0.400. The number of nitriles is 1. The highest BCUT2D eigenvalue weighted by molar-refractivity contribution is 6.31. The third-order valence-electron chi connectivity index (χ3n) is 5.05. The van der Waals surface area contributed by atoms with E-state index in [2.05, 4.69) is 21.6 Å². The van der Waals surface area contributed by atoms with Crippen LogP contribution in [0.5, 0.6) is 0 Å². The van der Waals surface area contributed by atoms with Crippen molar-refractivity contribution >= 4 is 23.4 Å². The Bertz CT molecular complexity index is 897. The Balaban J connectivity index is 1.61. The minimum absolute atomic E-state index is 0.0363. The van der Waals surface area contributed by atoms with Crippen LogP contribution in [0, 0.1) is 18.3 Å². The van der Waals surface area contributed by atoms with Crippen molar-refractivity contribution in [3.8, 4) is 6.07 Å². The number of urea groups is 1. The van der Waals surface area contributed by atoms with E-state index in [4.69, 9.17) is 11.6 Å². The summed E-state index contributed by atoms with van der Waals surface area (Å²) in [6.45, 7) is 3.81. The monoisotopic (exact) mass is 398 g/mol. The van der Waals surface area contributed by atoms with Gasteiger partial charge in [0.05, 0.1) is 17.8 Å². The summed E-state index contributed by atoms with van der Waals surface area (Å²) in [6, 6.07) is 9.46. The minimum atomic E-state index is -0.126. The van der Waals surface area contributed by atoms with Gasteiger partial charge >= 0.3 is 6.03 Å². The fourth-order valence-electron chi connectivity index (χ4n) is 3.39. The summed E-state index contributed by atoms with van der Waals surface area (Å²) in [5, 5.41) is 21.0. The number of carbonyl (C=O) groups excluding carboxylic acids is 1. The summed E-state index contributed by atoms with van der Waals surface area (Å²) >= 11 is 6.05. The van der Waals surface area contributed by atoms with Crippen LogP contribution < -0.4 is 10.2 Å². The van der Waals surface area contributed by atoms with E-state index in [0.29, 0.717) is 24.5 Å². The van der Waals surface area contributed by atoms with E-state index in [1.54, 1.807) is 18.0 Å². The minimum Gasteiger partial charge on any atom is -0.352 e. The van der Waals surface area contributed by atoms with Crippen molar-refractivity contribution in [3.05, 3.63) is 52.2 Å². The number of halogens is 1. The first-order chi connectivity index (χ1) is 13.5. The molecule has 2 aromatic rings. The molecule has 2 heterocycles. The maximum atomic E-state index is 12.6. The predicted octanol–water partition coefficient (Wildman–Crippen LogP) is 3.12. The number of hydrogen-bond acceptors (Lipinski definition) is 5. The SMILES string of the molecule is Cc1cc(CNC(=O)N(C)[C@@H]2CCCN(c3nnccc3C#N)C2)ccc1Cl. The van der Waals surface area contributed by atoms with Crippen LogP contribution in [0.1, 0.15) is 29.5 Å². The number of piperidine rings is 1. The van der Waals surface area contributed by atoms with E-state index in [1.165, 1.54) is 6.20 Å². The van der Waals surface area contributed by atoms with Gasteiger partial charge < -0.3 is 15.1 Å². The van der Waals surface area contributed by atoms with Crippen LogP contribution in [0.3, 0.4) is 0 Å². The van der Waals surface area contributed by atoms with Crippen LogP contribution in [0.15, 0.2) is 30.5 Å². The second kappa shape index (κ2) is 8.89. The fourth-order valence-corrected chi connectivity index (χ4v) is 3.51. The molecule has 1 aromatic carbocycles. The summed E-state index contributed by atoms with van der Waals surface area (Å²) in [6.07, 6.45) is 3.34. The van der Waals surface area contributed by atoms with Gasteiger partial charge in [0.1, 0.15) is 6.07 Å². The number of carbonyl (C=O) groups is 1. The van der Waals surface area contributed by atoms with Gasteiger partial charge in [-0.05, 0) is 43.0 Å². The molecule has 146 valence electrons. The van der Waals surface area contributed by atoms with E-state index in [-0.39, 0.29) is 12.1 Å². The molecule has 0 aliphatic carbocycles. The van der Waals surface area contributed by atoms with Crippen LogP contribution in [0.25, 0.3) is 0 Å². The third-order valence-corrected chi connectivity index (χ3v) is 5.48. The number of anilines is 1. The number of rotatable bonds is 4. The van der Waals surface area contributed by atoms with Crippen LogP contribution in [0.2, 0.25) is 5.02 Å². The number of amides is 2. The van der Waals surface area contributed by atoms with E-state index in [1.807, 2.05) is 30.0 Å². The molecule has 1 saturated heterocycles. The van der Waals surface area contributed by atoms with Crippen LogP contribution in [0.4, 0.5) is 10.6 Å². The van der Waals surface area contributed by atoms with Crippen LogP contribution in [-0.4, -0.2) is 47.3 Å². The van der Waals surface area contributed by atoms with Crippen LogP contribution >= 0.6 is 11.6 Å². The van der Waals surface area contributed by atoms with Crippen molar-refractivity contribution in [2.24, 2.45) is 0 Å². The zero-order valence-corrected chi connectivity index (χ0v) is 16.8. The third kappa shape index (κ3) is 4.52. The highest BCUT2D eigenvalue weighted by atomic mass is 35.5. The molecule has 0 bridgehead atoms. The second-order valence-electron chi connectivity index (χ2n) is 6.98. The average Bonchev–Trinajstić information content (AvgIpc) is 2.73. The van der Waals surface area contributed by atoms with Gasteiger partial charge in [0.25, 0.3) is 0 Å². The highest BCUT2D eigenvalue weighted by Gasteiger charge is 2.28. The molecule has 28 heavy (non-hydrogen) atoms. The first-order valence-corrected chi connectivity index (χ1v) is 9.60. The molecule has 0 unspecified atom stereocenters. The number of likely N-dealkylation sites (N-methyl/N-ethyl adjacent to an activating group) is 1. The maximum absolute atomic E-state index is 12.6. The molecule has 7 nitrogen and oxygen atoms in total. The average molecular weight is 399 g/mol. The molecule has 1 aliphatic heterocycles. The zero-order chi connectivity index (χ0) is 20.1. The first kappa shape index (κ1) is 19.9. The van der Waals surface area contributed by atoms with Gasteiger partial charge in [-0.3, -0.25) is 0 Å². The van der Waals surface area contributed by atoms with Crippen molar-refractivity contribution in [2.45, 2.75) is 32.4 Å². The Hall–Kier alpha value is -2.85. The summed E-state index contributed by atoms with van der Waals surface area (Å²) in [4.78, 5) is 16.4. The van der Waals surface area contributed by atoms with Gasteiger partial charge in [-0.1, -0.05) is 23.7 Å². The van der Waals surface area contributed by atoms with Crippen LogP contribution in [-0.2, 0) is 6.54 Å². The number of nitrogens with one attached hydrogen (secondary N) is 1. The summed E-state index contributed by atoms with van der Waals surface area (Å²) in [5.74, 6) is 0.583. The Morgan fingerprint density at radius 3 is 3.04 bits per heavy atom. The number of hydrogen-bond donors (Lipinski definition) is 1. The van der Waals surface area contributed by atoms with Gasteiger partial charge in [-0.2, -0.15) is 10.4 Å². The summed E-state index contributed by atoms with van der Waals surface area (Å²) in [5.41, 5.74) is 2.50. The highest BCUT2D eigenvalue weighted by Crippen LogP contribution is 2.23. The normalized spacial score (nSPS) is 16.4. The molecule has 1 atom stereocenters. The Morgan fingerprint density at radius 1 is 1.46 bits per heavy atom. The molecule has 1 aliphatic rings. The molecule has 2 amide bonds. The number of aryl methyl sites for hydroxylation is 1. The topological polar surface area (TPSA) is 85.2 Å². The number of aromatic nitrogens is 2. The van der Waals surface area contributed by atoms with E-state index in [9.17, 15) is 10.1 Å². The molecule has 3 rings (SSSR count). The molecule has 0 spiro atoms. The summed E-state index contributed by atoms with van der Waals surface area (Å²) in [7, 11) is 1.80. The molecular formula is C20H23ClN6O. The lowest BCUT2D eigenvalue weighted by molar-refractivity contribution is 0.182. The lowest BCUT2D eigenvalue weighted by atomic mass is 10.0. The molecule has 1 fully saturated rings. The second-order valence-corrected chi connectivity index (χ2v) is 7.38. The molecule has 1 aromatic heterocycles. The van der Waals surface area contributed by atoms with Crippen molar-refractivity contribution < 1.29 is 4.79 Å². The predicted molar refractivity (Wildman–Crippen MR) is 108 cm³/mol. The standard InChI is InChI=1S/C20H23ClN6O/c1-14-10-15(5-6-18(14)21)12-23-20(28)26(2)17-4-3-9-27(13-17)19-16(11-22)7-8-24-25-19/h5-8,10,17H,3-4,9,12-13H2,1-2H3,(H,23,28)/t17-/m1/s1. The van der Waals surface area contributed by atoms with Gasteiger partial charge in [-0.25, -0.2) is 4.79 Å². The van der Waals surface area contributed by atoms with E-state index in [0.717, 1.165) is 35.5 Å². The number of benzene rings is 1. The van der Waals surface area contributed by atoms with E-state index < -0.39 is 0 Å². The lowest BCUT2D eigenvalue weighted by Gasteiger charge is -2.38. The van der Waals surface area contributed by atoms with Gasteiger partial charge in [-0.15, -0.1) is 5.10 Å². The lowest BCUT2D eigenvalue weighted by Crippen LogP contribution is -2.51. The molecule has 0 saturated carbocycles. The van der Waals surface area contributed by atoms with Crippen molar-refractivity contribution in [1.82, 2.24) is 20.4 Å². The van der Waals surface area contributed by atoms with Crippen molar-refractivity contribution in [2.75, 3.05) is 25.0 Å². The molecular weight excluding hydrogens is 376 g/mol. The van der Waals surface area contributed by atoms with Gasteiger partial charge in [0.15, 0.2) is 5.82 Å². The quantitative estimate of drug-likeness (QED) is 0.855. The van der Waals surface area contributed by atoms with Gasteiger partial charge in [0.2, 0.25) is 0 Å². The molecule has 1 N–H and O–H groups in total.